The Hall–Kier alpha value is -1.42. The number of aldehydes is 1. The highest BCUT2D eigenvalue weighted by atomic mass is 19.1. The van der Waals surface area contributed by atoms with E-state index in [1.807, 2.05) is 19.9 Å². The van der Waals surface area contributed by atoms with Gasteiger partial charge in [0.15, 0.2) is 0 Å². The molecule has 1 unspecified atom stereocenters. The minimum atomic E-state index is -0.743. The Balaban J connectivity index is 2.36. The quantitative estimate of drug-likeness (QED) is 0.840. The van der Waals surface area contributed by atoms with Gasteiger partial charge in [0.2, 0.25) is 0 Å². The summed E-state index contributed by atoms with van der Waals surface area (Å²) in [7, 11) is 0. The van der Waals surface area contributed by atoms with Crippen LogP contribution in [-0.4, -0.2) is 30.8 Å². The van der Waals surface area contributed by atoms with E-state index >= 15 is 0 Å². The van der Waals surface area contributed by atoms with E-state index in [1.165, 1.54) is 18.6 Å². The number of carbonyl (C=O) groups excluding carboxylic acids is 1. The van der Waals surface area contributed by atoms with Crippen LogP contribution in [-0.2, 0) is 10.3 Å². The van der Waals surface area contributed by atoms with Crippen LogP contribution >= 0.6 is 0 Å². The molecule has 1 saturated heterocycles. The summed E-state index contributed by atoms with van der Waals surface area (Å²) in [6, 6.07) is 4.83. The van der Waals surface area contributed by atoms with Crippen molar-refractivity contribution >= 4 is 12.0 Å². The first-order valence-electron chi connectivity index (χ1n) is 7.36. The molecule has 0 radical (unpaired) electrons. The SMILES string of the molecule is CCNc1cc(F)cc(C(C)(C=O)N2CCCCC2)c1. The summed E-state index contributed by atoms with van der Waals surface area (Å²) < 4.78 is 13.8. The molecule has 1 aliphatic rings. The van der Waals surface area contributed by atoms with Gasteiger partial charge < -0.3 is 10.1 Å². The molecular weight excluding hydrogens is 255 g/mol. The molecule has 1 aliphatic heterocycles. The van der Waals surface area contributed by atoms with Crippen LogP contribution in [0.25, 0.3) is 0 Å². The minimum absolute atomic E-state index is 0.302. The summed E-state index contributed by atoms with van der Waals surface area (Å²) in [6.07, 6.45) is 4.34. The van der Waals surface area contributed by atoms with Crippen LogP contribution in [0.5, 0.6) is 0 Å². The molecule has 1 aromatic rings. The van der Waals surface area contributed by atoms with Crippen molar-refractivity contribution in [1.29, 1.82) is 0 Å². The van der Waals surface area contributed by atoms with E-state index in [-0.39, 0.29) is 5.82 Å². The van der Waals surface area contributed by atoms with Gasteiger partial charge >= 0.3 is 0 Å². The Labute approximate surface area is 120 Å². The van der Waals surface area contributed by atoms with E-state index in [2.05, 4.69) is 10.2 Å². The molecule has 2 rings (SSSR count). The van der Waals surface area contributed by atoms with Crippen LogP contribution in [0.1, 0.15) is 38.7 Å². The number of likely N-dealkylation sites (tertiary alicyclic amines) is 1. The number of nitrogens with one attached hydrogen (secondary N) is 1. The summed E-state index contributed by atoms with van der Waals surface area (Å²) in [5, 5.41) is 3.11. The largest absolute Gasteiger partial charge is 0.385 e. The molecule has 1 aromatic carbocycles. The van der Waals surface area contributed by atoms with Crippen molar-refractivity contribution in [2.75, 3.05) is 25.0 Å². The van der Waals surface area contributed by atoms with Crippen LogP contribution in [0.3, 0.4) is 0 Å². The second-order valence-corrected chi connectivity index (χ2v) is 5.57. The summed E-state index contributed by atoms with van der Waals surface area (Å²) in [6.45, 7) is 6.36. The molecule has 1 N–H and O–H groups in total. The summed E-state index contributed by atoms with van der Waals surface area (Å²) in [5.74, 6) is -0.302. The smallest absolute Gasteiger partial charge is 0.144 e. The molecule has 1 atom stereocenters. The lowest BCUT2D eigenvalue weighted by atomic mass is 9.89. The Bertz CT molecular complexity index is 472. The van der Waals surface area contributed by atoms with Crippen LogP contribution < -0.4 is 5.32 Å². The number of piperidine rings is 1. The van der Waals surface area contributed by atoms with Gasteiger partial charge in [-0.3, -0.25) is 4.90 Å². The van der Waals surface area contributed by atoms with Gasteiger partial charge in [0, 0.05) is 12.2 Å². The number of rotatable bonds is 5. The molecule has 0 aromatic heterocycles. The van der Waals surface area contributed by atoms with Gasteiger partial charge in [0.1, 0.15) is 12.1 Å². The second-order valence-electron chi connectivity index (χ2n) is 5.57. The number of hydrogen-bond acceptors (Lipinski definition) is 3. The first-order chi connectivity index (χ1) is 9.60. The highest BCUT2D eigenvalue weighted by Gasteiger charge is 2.34. The van der Waals surface area contributed by atoms with E-state index in [1.54, 1.807) is 0 Å². The van der Waals surface area contributed by atoms with Crippen molar-refractivity contribution < 1.29 is 9.18 Å². The van der Waals surface area contributed by atoms with Gasteiger partial charge in [-0.05, 0) is 63.5 Å². The molecular formula is C16H23FN2O. The molecule has 0 aliphatic carbocycles. The summed E-state index contributed by atoms with van der Waals surface area (Å²) >= 11 is 0. The maximum atomic E-state index is 13.8. The topological polar surface area (TPSA) is 32.3 Å². The van der Waals surface area contributed by atoms with Crippen molar-refractivity contribution in [2.45, 2.75) is 38.6 Å². The van der Waals surface area contributed by atoms with Crippen LogP contribution in [0.4, 0.5) is 10.1 Å². The summed E-state index contributed by atoms with van der Waals surface area (Å²) in [4.78, 5) is 13.9. The Morgan fingerprint density at radius 3 is 2.60 bits per heavy atom. The predicted molar refractivity (Wildman–Crippen MR) is 79.4 cm³/mol. The normalized spacial score (nSPS) is 19.4. The van der Waals surface area contributed by atoms with Gasteiger partial charge in [-0.15, -0.1) is 0 Å². The zero-order valence-corrected chi connectivity index (χ0v) is 12.3. The Kier molecular flexibility index (Phi) is 4.76. The van der Waals surface area contributed by atoms with Crippen molar-refractivity contribution in [3.63, 3.8) is 0 Å². The lowest BCUT2D eigenvalue weighted by Crippen LogP contribution is -2.47. The lowest BCUT2D eigenvalue weighted by molar-refractivity contribution is -0.119. The maximum Gasteiger partial charge on any atom is 0.144 e. The zero-order valence-electron chi connectivity index (χ0n) is 12.3. The first-order valence-corrected chi connectivity index (χ1v) is 7.36. The lowest BCUT2D eigenvalue weighted by Gasteiger charge is -2.40. The number of hydrogen-bond donors (Lipinski definition) is 1. The van der Waals surface area contributed by atoms with Gasteiger partial charge in [-0.2, -0.15) is 0 Å². The fourth-order valence-electron chi connectivity index (χ4n) is 2.87. The Morgan fingerprint density at radius 1 is 1.30 bits per heavy atom. The molecule has 20 heavy (non-hydrogen) atoms. The molecule has 4 heteroatoms. The van der Waals surface area contributed by atoms with Crippen molar-refractivity contribution in [3.05, 3.63) is 29.6 Å². The van der Waals surface area contributed by atoms with E-state index in [0.29, 0.717) is 0 Å². The third-order valence-electron chi connectivity index (χ3n) is 4.11. The van der Waals surface area contributed by atoms with Crippen LogP contribution in [0.15, 0.2) is 18.2 Å². The van der Waals surface area contributed by atoms with Gasteiger partial charge in [0.05, 0.1) is 5.54 Å². The fraction of sp³-hybridized carbons (Fsp3) is 0.562. The first kappa shape index (κ1) is 15.0. The molecule has 0 bridgehead atoms. The zero-order chi connectivity index (χ0) is 14.6. The second kappa shape index (κ2) is 6.35. The monoisotopic (exact) mass is 278 g/mol. The number of benzene rings is 1. The average Bonchev–Trinajstić information content (AvgIpc) is 2.47. The maximum absolute atomic E-state index is 13.8. The van der Waals surface area contributed by atoms with Gasteiger partial charge in [-0.1, -0.05) is 6.42 Å². The molecule has 0 saturated carbocycles. The minimum Gasteiger partial charge on any atom is -0.385 e. The highest BCUT2D eigenvalue weighted by molar-refractivity contribution is 5.68. The van der Waals surface area contributed by atoms with Crippen LogP contribution in [0, 0.1) is 5.82 Å². The van der Waals surface area contributed by atoms with Gasteiger partial charge in [-0.25, -0.2) is 4.39 Å². The molecule has 1 fully saturated rings. The molecule has 1 heterocycles. The predicted octanol–water partition coefficient (Wildman–Crippen LogP) is 3.16. The van der Waals surface area contributed by atoms with E-state index < -0.39 is 5.54 Å². The highest BCUT2D eigenvalue weighted by Crippen LogP contribution is 2.31. The number of halogens is 1. The average molecular weight is 278 g/mol. The third kappa shape index (κ3) is 3.01. The Morgan fingerprint density at radius 2 is 2.00 bits per heavy atom. The molecule has 0 spiro atoms. The van der Waals surface area contributed by atoms with E-state index in [4.69, 9.17) is 0 Å². The van der Waals surface area contributed by atoms with E-state index in [9.17, 15) is 9.18 Å². The molecule has 110 valence electrons. The van der Waals surface area contributed by atoms with Crippen molar-refractivity contribution in [2.24, 2.45) is 0 Å². The fourth-order valence-corrected chi connectivity index (χ4v) is 2.87. The van der Waals surface area contributed by atoms with Crippen molar-refractivity contribution in [1.82, 2.24) is 4.90 Å². The third-order valence-corrected chi connectivity index (χ3v) is 4.11. The molecule has 3 nitrogen and oxygen atoms in total. The standard InChI is InChI=1S/C16H23FN2O/c1-3-18-15-10-13(9-14(17)11-15)16(2,12-20)19-7-5-4-6-8-19/h9-12,18H,3-8H2,1-2H3. The van der Waals surface area contributed by atoms with Crippen LogP contribution in [0.2, 0.25) is 0 Å². The van der Waals surface area contributed by atoms with Crippen molar-refractivity contribution in [3.8, 4) is 0 Å². The van der Waals surface area contributed by atoms with Gasteiger partial charge in [0.25, 0.3) is 0 Å². The summed E-state index contributed by atoms with van der Waals surface area (Å²) in [5.41, 5.74) is 0.713. The number of nitrogens with zero attached hydrogens (tertiary/aromatic N) is 1. The molecule has 0 amide bonds. The number of anilines is 1. The van der Waals surface area contributed by atoms with E-state index in [0.717, 1.165) is 50.0 Å². The number of carbonyl (C=O) groups is 1.